The number of hydrogen-bond donors (Lipinski definition) is 0. The van der Waals surface area contributed by atoms with E-state index in [4.69, 9.17) is 9.47 Å². The number of carbonyl (C=O) groups is 3. The molecule has 4 aliphatic rings. The van der Waals surface area contributed by atoms with Crippen LogP contribution in [0.3, 0.4) is 0 Å². The van der Waals surface area contributed by atoms with E-state index in [1.807, 2.05) is 0 Å². The highest BCUT2D eigenvalue weighted by Crippen LogP contribution is 2.65. The van der Waals surface area contributed by atoms with Gasteiger partial charge in [-0.3, -0.25) is 14.4 Å². The highest BCUT2D eigenvalue weighted by molar-refractivity contribution is 6.02. The quantitative estimate of drug-likeness (QED) is 0.359. The van der Waals surface area contributed by atoms with Gasteiger partial charge in [0, 0.05) is 25.3 Å². The van der Waals surface area contributed by atoms with Crippen LogP contribution in [0, 0.1) is 40.4 Å². The van der Waals surface area contributed by atoms with Gasteiger partial charge in [-0.05, 0) is 79.4 Å². The Kier molecular flexibility index (Phi) is 7.80. The second-order valence-corrected chi connectivity index (χ2v) is 13.4. The summed E-state index contributed by atoms with van der Waals surface area (Å²) in [6.45, 7) is 14.6. The van der Waals surface area contributed by atoms with Gasteiger partial charge in [-0.1, -0.05) is 59.5 Å². The molecule has 5 nitrogen and oxygen atoms in total. The first-order valence-electron chi connectivity index (χ1n) is 14.5. The molecule has 4 rings (SSSR count). The Bertz CT molecular complexity index is 918. The smallest absolute Gasteiger partial charge is 0.303 e. The minimum absolute atomic E-state index is 0.0372. The molecule has 0 N–H and O–H groups in total. The van der Waals surface area contributed by atoms with Crippen LogP contribution in [-0.2, 0) is 23.9 Å². The fraction of sp³-hybridized carbons (Fsp3) is 0.839. The summed E-state index contributed by atoms with van der Waals surface area (Å²) in [5, 5.41) is 0. The van der Waals surface area contributed by atoms with E-state index in [2.05, 4.69) is 34.6 Å². The standard InChI is InChI=1S/C31H48O5/c1-18(2)9-8-10-19(3)23-11-12-24-27-25(14-16-30(23,24)6)31(7)15-13-22(35-20(4)32)17-26(31)29(28(27)34)36-21(5)33/h18-19,22-23,25-26,29H,8-17H2,1-7H3/t19-,22+,23-,25+,26-,29-,30-,31-/m1/s1. The van der Waals surface area contributed by atoms with Crippen molar-refractivity contribution >= 4 is 17.7 Å². The van der Waals surface area contributed by atoms with Gasteiger partial charge in [-0.25, -0.2) is 0 Å². The average molecular weight is 501 g/mol. The second-order valence-electron chi connectivity index (χ2n) is 13.4. The molecule has 4 aliphatic carbocycles. The molecule has 0 aromatic heterocycles. The predicted octanol–water partition coefficient (Wildman–Crippen LogP) is 6.82. The van der Waals surface area contributed by atoms with E-state index in [0.717, 1.165) is 50.0 Å². The van der Waals surface area contributed by atoms with Gasteiger partial charge in [0.15, 0.2) is 11.9 Å². The lowest BCUT2D eigenvalue weighted by Gasteiger charge is -2.57. The van der Waals surface area contributed by atoms with Crippen molar-refractivity contribution in [2.45, 2.75) is 125 Å². The Balaban J connectivity index is 1.67. The Morgan fingerprint density at radius 2 is 1.67 bits per heavy atom. The van der Waals surface area contributed by atoms with Gasteiger partial charge < -0.3 is 9.47 Å². The Hall–Kier alpha value is -1.65. The van der Waals surface area contributed by atoms with Crippen molar-refractivity contribution in [3.05, 3.63) is 11.1 Å². The molecule has 0 saturated heterocycles. The lowest BCUT2D eigenvalue weighted by atomic mass is 9.47. The average Bonchev–Trinajstić information content (AvgIpc) is 3.13. The maximum absolute atomic E-state index is 14.2. The van der Waals surface area contributed by atoms with Crippen LogP contribution in [0.15, 0.2) is 11.1 Å². The van der Waals surface area contributed by atoms with Crippen LogP contribution in [0.2, 0.25) is 0 Å². The molecule has 0 aromatic carbocycles. The molecule has 0 amide bonds. The van der Waals surface area contributed by atoms with Crippen LogP contribution in [0.1, 0.15) is 113 Å². The van der Waals surface area contributed by atoms with Crippen LogP contribution >= 0.6 is 0 Å². The van der Waals surface area contributed by atoms with Gasteiger partial charge in [0.25, 0.3) is 0 Å². The zero-order chi connectivity index (χ0) is 26.4. The molecule has 0 bridgehead atoms. The molecule has 0 aromatic rings. The van der Waals surface area contributed by atoms with Gasteiger partial charge in [0.1, 0.15) is 6.10 Å². The number of Topliss-reactive ketones (excluding diaryl/α,β-unsaturated/α-hetero) is 1. The fourth-order valence-electron chi connectivity index (χ4n) is 8.87. The van der Waals surface area contributed by atoms with Gasteiger partial charge in [0.2, 0.25) is 0 Å². The number of hydrogen-bond acceptors (Lipinski definition) is 5. The predicted molar refractivity (Wildman–Crippen MR) is 140 cm³/mol. The highest BCUT2D eigenvalue weighted by Gasteiger charge is 2.62. The summed E-state index contributed by atoms with van der Waals surface area (Å²) in [7, 11) is 0. The number of fused-ring (bicyclic) bond motifs is 4. The first-order valence-corrected chi connectivity index (χ1v) is 14.5. The minimum atomic E-state index is -0.769. The van der Waals surface area contributed by atoms with Crippen LogP contribution < -0.4 is 0 Å². The Labute approximate surface area is 218 Å². The molecule has 0 heterocycles. The molecule has 3 fully saturated rings. The minimum Gasteiger partial charge on any atom is -0.463 e. The number of rotatable bonds is 7. The van der Waals surface area contributed by atoms with E-state index >= 15 is 0 Å². The van der Waals surface area contributed by atoms with Crippen molar-refractivity contribution in [1.29, 1.82) is 0 Å². The summed E-state index contributed by atoms with van der Waals surface area (Å²) < 4.78 is 11.4. The first kappa shape index (κ1) is 27.4. The zero-order valence-electron chi connectivity index (χ0n) is 23.7. The van der Waals surface area contributed by atoms with E-state index in [1.165, 1.54) is 38.7 Å². The zero-order valence-corrected chi connectivity index (χ0v) is 23.7. The number of ketones is 1. The van der Waals surface area contributed by atoms with Crippen molar-refractivity contribution in [2.75, 3.05) is 0 Å². The van der Waals surface area contributed by atoms with E-state index < -0.39 is 12.1 Å². The molecule has 3 saturated carbocycles. The summed E-state index contributed by atoms with van der Waals surface area (Å²) >= 11 is 0. The third-order valence-corrected chi connectivity index (χ3v) is 10.6. The monoisotopic (exact) mass is 500 g/mol. The van der Waals surface area contributed by atoms with Crippen molar-refractivity contribution in [3.8, 4) is 0 Å². The van der Waals surface area contributed by atoms with Crippen molar-refractivity contribution in [2.24, 2.45) is 40.4 Å². The number of esters is 2. The molecule has 202 valence electrons. The summed E-state index contributed by atoms with van der Waals surface area (Å²) in [6.07, 6.45) is 9.42. The molecule has 0 spiro atoms. The Morgan fingerprint density at radius 3 is 2.31 bits per heavy atom. The third-order valence-electron chi connectivity index (χ3n) is 10.6. The summed E-state index contributed by atoms with van der Waals surface area (Å²) in [5.74, 6) is 1.44. The lowest BCUT2D eigenvalue weighted by molar-refractivity contribution is -0.175. The van der Waals surface area contributed by atoms with Crippen molar-refractivity contribution in [3.63, 3.8) is 0 Å². The first-order chi connectivity index (χ1) is 16.9. The molecule has 8 atom stereocenters. The molecule has 0 aliphatic heterocycles. The van der Waals surface area contributed by atoms with Crippen molar-refractivity contribution < 1.29 is 23.9 Å². The maximum atomic E-state index is 14.2. The summed E-state index contributed by atoms with van der Waals surface area (Å²) in [5.41, 5.74) is 2.33. The fourth-order valence-corrected chi connectivity index (χ4v) is 8.87. The van der Waals surface area contributed by atoms with Gasteiger partial charge in [0.05, 0.1) is 0 Å². The Morgan fingerprint density at radius 1 is 0.972 bits per heavy atom. The van der Waals surface area contributed by atoms with Gasteiger partial charge >= 0.3 is 11.9 Å². The molecule has 5 heteroatoms. The third kappa shape index (κ3) is 4.80. The highest BCUT2D eigenvalue weighted by atomic mass is 16.6. The molecular formula is C31H48O5. The van der Waals surface area contributed by atoms with E-state index in [1.54, 1.807) is 0 Å². The number of ether oxygens (including phenoxy) is 2. The molecular weight excluding hydrogens is 452 g/mol. The second kappa shape index (κ2) is 10.3. The number of carbonyl (C=O) groups excluding carboxylic acids is 3. The SMILES string of the molecule is CC(=O)O[C@H]1CC[C@@]2(C)[C@H](C1)[C@@H](OC(C)=O)C(=O)C1=C3CC[C@H]([C@H](C)CCCC(C)C)[C@@]3(C)CC[C@@H]12. The van der Waals surface area contributed by atoms with E-state index in [0.29, 0.717) is 18.3 Å². The van der Waals surface area contributed by atoms with Crippen LogP contribution in [0.25, 0.3) is 0 Å². The van der Waals surface area contributed by atoms with Crippen LogP contribution in [0.5, 0.6) is 0 Å². The largest absolute Gasteiger partial charge is 0.463 e. The van der Waals surface area contributed by atoms with Crippen LogP contribution in [-0.4, -0.2) is 29.9 Å². The van der Waals surface area contributed by atoms with E-state index in [9.17, 15) is 14.4 Å². The van der Waals surface area contributed by atoms with Gasteiger partial charge in [-0.2, -0.15) is 0 Å². The van der Waals surface area contributed by atoms with Crippen LogP contribution in [0.4, 0.5) is 0 Å². The van der Waals surface area contributed by atoms with Crippen molar-refractivity contribution in [1.82, 2.24) is 0 Å². The van der Waals surface area contributed by atoms with E-state index in [-0.39, 0.29) is 40.5 Å². The topological polar surface area (TPSA) is 69.7 Å². The van der Waals surface area contributed by atoms with Gasteiger partial charge in [-0.15, -0.1) is 0 Å². The summed E-state index contributed by atoms with van der Waals surface area (Å²) in [6, 6.07) is 0. The normalized spacial score (nSPS) is 38.8. The molecule has 0 unspecified atom stereocenters. The lowest BCUT2D eigenvalue weighted by Crippen LogP contribution is -2.58. The molecule has 36 heavy (non-hydrogen) atoms. The maximum Gasteiger partial charge on any atom is 0.303 e. The number of allylic oxidation sites excluding steroid dienone is 1. The summed E-state index contributed by atoms with van der Waals surface area (Å²) in [4.78, 5) is 38.0. The molecule has 0 radical (unpaired) electrons.